The van der Waals surface area contributed by atoms with Crippen molar-refractivity contribution in [3.05, 3.63) is 0 Å². The molecule has 5 heteroatoms. The van der Waals surface area contributed by atoms with Crippen LogP contribution in [0, 0.1) is 11.8 Å². The first-order valence-corrected chi connectivity index (χ1v) is 5.85. The Morgan fingerprint density at radius 3 is 3.07 bits per heavy atom. The highest BCUT2D eigenvalue weighted by Gasteiger charge is 2.38. The predicted molar refractivity (Wildman–Crippen MR) is 61.4 cm³/mol. The molecule has 4 nitrogen and oxygen atoms in total. The molecule has 0 aromatic heterocycles. The van der Waals surface area contributed by atoms with Gasteiger partial charge in [0.1, 0.15) is 5.71 Å². The zero-order valence-electron chi connectivity index (χ0n) is 9.03. The molecule has 15 heavy (non-hydrogen) atoms. The van der Waals surface area contributed by atoms with E-state index in [1.54, 1.807) is 0 Å². The predicted octanol–water partition coefficient (Wildman–Crippen LogP) is 1.60. The monoisotopic (exact) mass is 229 g/mol. The van der Waals surface area contributed by atoms with Gasteiger partial charge in [-0.1, -0.05) is 19.0 Å². The number of hydrazone groups is 1. The summed E-state index contributed by atoms with van der Waals surface area (Å²) in [6.07, 6.45) is 0.938. The molecule has 84 valence electrons. The molecule has 0 saturated carbocycles. The quantitative estimate of drug-likeness (QED) is 0.748. The zero-order chi connectivity index (χ0) is 10.8. The highest BCUT2D eigenvalue weighted by molar-refractivity contribution is 6.43. The lowest BCUT2D eigenvalue weighted by molar-refractivity contribution is 0.0785. The van der Waals surface area contributed by atoms with Crippen molar-refractivity contribution >= 4 is 23.0 Å². The van der Waals surface area contributed by atoms with E-state index in [-0.39, 0.29) is 12.0 Å². The van der Waals surface area contributed by atoms with Gasteiger partial charge in [-0.05, 0) is 12.3 Å². The number of hydrogen-bond acceptors (Lipinski definition) is 4. The largest absolute Gasteiger partial charge is 0.390 e. The molecule has 0 amide bonds. The fraction of sp³-hybridized carbons (Fsp3) is 0.800. The van der Waals surface area contributed by atoms with Crippen molar-refractivity contribution in [3.63, 3.8) is 0 Å². The van der Waals surface area contributed by atoms with Crippen molar-refractivity contribution in [1.82, 2.24) is 5.43 Å². The SMILES string of the molecule is CC(C)CC1=NNCC2C1=NOC2CCl. The first-order chi connectivity index (χ1) is 7.22. The van der Waals surface area contributed by atoms with E-state index in [0.29, 0.717) is 11.8 Å². The van der Waals surface area contributed by atoms with Crippen LogP contribution in [0.15, 0.2) is 10.3 Å². The average molecular weight is 230 g/mol. The molecule has 0 fully saturated rings. The van der Waals surface area contributed by atoms with E-state index in [0.717, 1.165) is 24.4 Å². The summed E-state index contributed by atoms with van der Waals surface area (Å²) in [5, 5.41) is 8.40. The second-order valence-electron chi connectivity index (χ2n) is 4.40. The van der Waals surface area contributed by atoms with Gasteiger partial charge in [-0.3, -0.25) is 0 Å². The van der Waals surface area contributed by atoms with E-state index in [9.17, 15) is 0 Å². The third-order valence-corrected chi connectivity index (χ3v) is 2.97. The van der Waals surface area contributed by atoms with E-state index < -0.39 is 0 Å². The first kappa shape index (κ1) is 10.7. The summed E-state index contributed by atoms with van der Waals surface area (Å²) in [6.45, 7) is 5.11. The van der Waals surface area contributed by atoms with E-state index >= 15 is 0 Å². The minimum atomic E-state index is 0.00632. The van der Waals surface area contributed by atoms with Gasteiger partial charge in [0, 0.05) is 6.54 Å². The fourth-order valence-electron chi connectivity index (χ4n) is 1.91. The summed E-state index contributed by atoms with van der Waals surface area (Å²) in [4.78, 5) is 5.30. The Hall–Kier alpha value is -0.770. The Morgan fingerprint density at radius 2 is 2.40 bits per heavy atom. The van der Waals surface area contributed by atoms with Crippen LogP contribution < -0.4 is 5.43 Å². The van der Waals surface area contributed by atoms with E-state index in [2.05, 4.69) is 29.5 Å². The Kier molecular flexibility index (Phi) is 3.14. The molecule has 0 radical (unpaired) electrons. The number of nitrogens with zero attached hydrogens (tertiary/aromatic N) is 2. The van der Waals surface area contributed by atoms with Crippen LogP contribution in [0.4, 0.5) is 0 Å². The Morgan fingerprint density at radius 1 is 1.60 bits per heavy atom. The lowest BCUT2D eigenvalue weighted by Gasteiger charge is -2.22. The number of oxime groups is 1. The fourth-order valence-corrected chi connectivity index (χ4v) is 2.18. The van der Waals surface area contributed by atoms with Crippen molar-refractivity contribution in [2.75, 3.05) is 12.4 Å². The van der Waals surface area contributed by atoms with Gasteiger partial charge in [0.25, 0.3) is 0 Å². The Balaban J connectivity index is 2.11. The van der Waals surface area contributed by atoms with Gasteiger partial charge in [0.2, 0.25) is 0 Å². The topological polar surface area (TPSA) is 46.0 Å². The van der Waals surface area contributed by atoms with Crippen LogP contribution in [0.5, 0.6) is 0 Å². The minimum Gasteiger partial charge on any atom is -0.390 e. The molecule has 0 aromatic carbocycles. The van der Waals surface area contributed by atoms with Crippen LogP contribution in [0.1, 0.15) is 20.3 Å². The van der Waals surface area contributed by atoms with Crippen LogP contribution in [-0.2, 0) is 4.84 Å². The van der Waals surface area contributed by atoms with E-state index in [1.807, 2.05) is 0 Å². The number of fused-ring (bicyclic) bond motifs is 1. The second kappa shape index (κ2) is 4.39. The van der Waals surface area contributed by atoms with Crippen LogP contribution in [0.25, 0.3) is 0 Å². The van der Waals surface area contributed by atoms with Crippen LogP contribution in [0.2, 0.25) is 0 Å². The average Bonchev–Trinajstić information content (AvgIpc) is 2.61. The third kappa shape index (κ3) is 2.09. The van der Waals surface area contributed by atoms with Crippen molar-refractivity contribution in [1.29, 1.82) is 0 Å². The lowest BCUT2D eigenvalue weighted by atomic mass is 9.90. The molecule has 0 spiro atoms. The summed E-state index contributed by atoms with van der Waals surface area (Å²) < 4.78 is 0. The second-order valence-corrected chi connectivity index (χ2v) is 4.71. The van der Waals surface area contributed by atoms with Crippen molar-refractivity contribution in [2.45, 2.75) is 26.4 Å². The highest BCUT2D eigenvalue weighted by Crippen LogP contribution is 2.24. The van der Waals surface area contributed by atoms with E-state index in [4.69, 9.17) is 16.4 Å². The molecular weight excluding hydrogens is 214 g/mol. The van der Waals surface area contributed by atoms with Gasteiger partial charge in [0.05, 0.1) is 17.5 Å². The molecule has 0 aromatic rings. The van der Waals surface area contributed by atoms with Gasteiger partial charge < -0.3 is 10.3 Å². The van der Waals surface area contributed by atoms with Gasteiger partial charge in [-0.2, -0.15) is 5.10 Å². The van der Waals surface area contributed by atoms with Crippen LogP contribution in [-0.4, -0.2) is 30.0 Å². The Bertz CT molecular complexity index is 301. The smallest absolute Gasteiger partial charge is 0.151 e. The van der Waals surface area contributed by atoms with Gasteiger partial charge in [0.15, 0.2) is 6.10 Å². The molecule has 2 heterocycles. The highest BCUT2D eigenvalue weighted by atomic mass is 35.5. The number of rotatable bonds is 3. The molecule has 0 saturated heterocycles. The van der Waals surface area contributed by atoms with Gasteiger partial charge >= 0.3 is 0 Å². The molecular formula is C10H16ClN3O. The molecule has 2 rings (SSSR count). The number of halogens is 1. The van der Waals surface area contributed by atoms with Crippen molar-refractivity contribution in [3.8, 4) is 0 Å². The van der Waals surface area contributed by atoms with Crippen molar-refractivity contribution in [2.24, 2.45) is 22.1 Å². The maximum absolute atomic E-state index is 5.82. The van der Waals surface area contributed by atoms with Crippen LogP contribution >= 0.6 is 11.6 Å². The molecule has 2 unspecified atom stereocenters. The Labute approximate surface area is 94.7 Å². The van der Waals surface area contributed by atoms with Crippen LogP contribution in [0.3, 0.4) is 0 Å². The summed E-state index contributed by atoms with van der Waals surface area (Å²) in [7, 11) is 0. The normalized spacial score (nSPS) is 29.1. The molecule has 0 aliphatic carbocycles. The maximum Gasteiger partial charge on any atom is 0.151 e. The molecule has 2 atom stereocenters. The summed E-state index contributed by atoms with van der Waals surface area (Å²) in [6, 6.07) is 0. The van der Waals surface area contributed by atoms with Gasteiger partial charge in [-0.15, -0.1) is 11.6 Å². The standard InChI is InChI=1S/C10H16ClN3O/c1-6(2)3-8-10-7(5-12-13-8)9(4-11)15-14-10/h6-7,9,12H,3-5H2,1-2H3. The zero-order valence-corrected chi connectivity index (χ0v) is 9.79. The van der Waals surface area contributed by atoms with Gasteiger partial charge in [-0.25, -0.2) is 0 Å². The number of alkyl halides is 1. The summed E-state index contributed by atoms with van der Waals surface area (Å²) in [5.41, 5.74) is 5.06. The third-order valence-electron chi connectivity index (χ3n) is 2.66. The number of nitrogens with one attached hydrogen (secondary N) is 1. The summed E-state index contributed by atoms with van der Waals surface area (Å²) in [5.74, 6) is 1.32. The van der Waals surface area contributed by atoms with E-state index in [1.165, 1.54) is 0 Å². The molecule has 1 N–H and O–H groups in total. The minimum absolute atomic E-state index is 0.00632. The number of hydrogen-bond donors (Lipinski definition) is 1. The maximum atomic E-state index is 5.82. The molecule has 2 aliphatic heterocycles. The molecule has 0 bridgehead atoms. The lowest BCUT2D eigenvalue weighted by Crippen LogP contribution is -2.41. The summed E-state index contributed by atoms with van der Waals surface area (Å²) >= 11 is 5.82. The van der Waals surface area contributed by atoms with Crippen molar-refractivity contribution < 1.29 is 4.84 Å². The first-order valence-electron chi connectivity index (χ1n) is 5.31. The molecule has 2 aliphatic rings.